The average molecular weight is 334 g/mol. The molecule has 1 saturated heterocycles. The van der Waals surface area contributed by atoms with Gasteiger partial charge in [0.05, 0.1) is 13.7 Å². The van der Waals surface area contributed by atoms with Gasteiger partial charge in [0.2, 0.25) is 0 Å². The first-order valence-corrected chi connectivity index (χ1v) is 8.80. The fourth-order valence-electron chi connectivity index (χ4n) is 2.76. The van der Waals surface area contributed by atoms with E-state index in [0.29, 0.717) is 29.6 Å². The number of nitrogens with zero attached hydrogens (tertiary/aromatic N) is 2. The van der Waals surface area contributed by atoms with Gasteiger partial charge in [0.25, 0.3) is 5.91 Å². The van der Waals surface area contributed by atoms with Crippen molar-refractivity contribution in [1.29, 1.82) is 0 Å². The maximum atomic E-state index is 12.8. The fourth-order valence-corrected chi connectivity index (χ4v) is 2.76. The van der Waals surface area contributed by atoms with Crippen LogP contribution in [0, 0.1) is 5.92 Å². The third kappa shape index (κ3) is 5.13. The molecule has 2 rings (SSSR count). The standard InChI is InChI=1S/C19H30N2O3/c1-15(2)8-13-24-17-7-6-16(14-18(17)23-4)19(22)21-10-5-9-20(3)11-12-21/h6-7,14-15H,5,8-13H2,1-4H3. The van der Waals surface area contributed by atoms with Crippen LogP contribution in [0.25, 0.3) is 0 Å². The monoisotopic (exact) mass is 334 g/mol. The van der Waals surface area contributed by atoms with Crippen molar-refractivity contribution < 1.29 is 14.3 Å². The third-order valence-corrected chi connectivity index (χ3v) is 4.37. The summed E-state index contributed by atoms with van der Waals surface area (Å²) in [5.74, 6) is 1.98. The van der Waals surface area contributed by atoms with E-state index in [9.17, 15) is 4.79 Å². The van der Waals surface area contributed by atoms with Gasteiger partial charge in [-0.2, -0.15) is 0 Å². The second-order valence-electron chi connectivity index (χ2n) is 6.85. The van der Waals surface area contributed by atoms with Crippen molar-refractivity contribution in [2.45, 2.75) is 26.7 Å². The highest BCUT2D eigenvalue weighted by molar-refractivity contribution is 5.95. The first-order valence-electron chi connectivity index (χ1n) is 8.80. The molecule has 0 unspecified atom stereocenters. The van der Waals surface area contributed by atoms with Crippen molar-refractivity contribution in [1.82, 2.24) is 9.80 Å². The topological polar surface area (TPSA) is 42.0 Å². The summed E-state index contributed by atoms with van der Waals surface area (Å²) >= 11 is 0. The molecule has 0 saturated carbocycles. The quantitative estimate of drug-likeness (QED) is 0.802. The molecule has 0 atom stereocenters. The molecule has 5 nitrogen and oxygen atoms in total. The van der Waals surface area contributed by atoms with Gasteiger partial charge in [0.1, 0.15) is 0 Å². The minimum absolute atomic E-state index is 0.0670. The number of likely N-dealkylation sites (N-methyl/N-ethyl adjacent to an activating group) is 1. The van der Waals surface area contributed by atoms with E-state index in [2.05, 4.69) is 25.8 Å². The molecule has 0 bridgehead atoms. The number of rotatable bonds is 6. The zero-order valence-electron chi connectivity index (χ0n) is 15.4. The van der Waals surface area contributed by atoms with Gasteiger partial charge in [-0.25, -0.2) is 0 Å². The van der Waals surface area contributed by atoms with Crippen LogP contribution in [0.3, 0.4) is 0 Å². The highest BCUT2D eigenvalue weighted by Crippen LogP contribution is 2.29. The summed E-state index contributed by atoms with van der Waals surface area (Å²) in [5, 5.41) is 0. The van der Waals surface area contributed by atoms with Crippen LogP contribution in [-0.4, -0.2) is 62.7 Å². The van der Waals surface area contributed by atoms with Crippen LogP contribution in [0.4, 0.5) is 0 Å². The van der Waals surface area contributed by atoms with E-state index in [4.69, 9.17) is 9.47 Å². The normalized spacial score (nSPS) is 16.1. The second-order valence-corrected chi connectivity index (χ2v) is 6.85. The highest BCUT2D eigenvalue weighted by Gasteiger charge is 2.20. The average Bonchev–Trinajstić information content (AvgIpc) is 2.78. The Kier molecular flexibility index (Phi) is 6.91. The molecular formula is C19H30N2O3. The van der Waals surface area contributed by atoms with E-state index in [0.717, 1.165) is 39.0 Å². The van der Waals surface area contributed by atoms with Gasteiger partial charge in [-0.05, 0) is 50.6 Å². The maximum absolute atomic E-state index is 12.8. The number of hydrogen-bond donors (Lipinski definition) is 0. The van der Waals surface area contributed by atoms with Crippen molar-refractivity contribution in [2.75, 3.05) is 46.9 Å². The molecule has 0 aromatic heterocycles. The number of benzene rings is 1. The second kappa shape index (κ2) is 8.92. The van der Waals surface area contributed by atoms with Crippen LogP contribution in [-0.2, 0) is 0 Å². The van der Waals surface area contributed by atoms with Crippen LogP contribution in [0.5, 0.6) is 11.5 Å². The van der Waals surface area contributed by atoms with Crippen molar-refractivity contribution in [3.8, 4) is 11.5 Å². The van der Waals surface area contributed by atoms with Gasteiger partial charge in [-0.3, -0.25) is 4.79 Å². The molecule has 1 aromatic carbocycles. The molecule has 24 heavy (non-hydrogen) atoms. The largest absolute Gasteiger partial charge is 0.493 e. The van der Waals surface area contributed by atoms with Crippen LogP contribution >= 0.6 is 0 Å². The lowest BCUT2D eigenvalue weighted by Gasteiger charge is -2.21. The molecule has 1 heterocycles. The van der Waals surface area contributed by atoms with Crippen LogP contribution in [0.2, 0.25) is 0 Å². The molecule has 1 fully saturated rings. The van der Waals surface area contributed by atoms with Crippen molar-refractivity contribution in [2.24, 2.45) is 5.92 Å². The summed E-state index contributed by atoms with van der Waals surface area (Å²) in [4.78, 5) is 16.9. The third-order valence-electron chi connectivity index (χ3n) is 4.37. The summed E-state index contributed by atoms with van der Waals surface area (Å²) in [6.45, 7) is 8.51. The Bertz CT molecular complexity index is 545. The molecule has 1 aliphatic rings. The summed E-state index contributed by atoms with van der Waals surface area (Å²) in [5.41, 5.74) is 0.660. The summed E-state index contributed by atoms with van der Waals surface area (Å²) in [6.07, 6.45) is 2.00. The minimum atomic E-state index is 0.0670. The van der Waals surface area contributed by atoms with E-state index < -0.39 is 0 Å². The Balaban J connectivity index is 2.06. The molecular weight excluding hydrogens is 304 g/mol. The van der Waals surface area contributed by atoms with E-state index in [1.807, 2.05) is 17.0 Å². The summed E-state index contributed by atoms with van der Waals surface area (Å²) in [7, 11) is 3.71. The summed E-state index contributed by atoms with van der Waals surface area (Å²) < 4.78 is 11.2. The number of carbonyl (C=O) groups excluding carboxylic acids is 1. The number of amides is 1. The van der Waals surface area contributed by atoms with E-state index in [-0.39, 0.29) is 5.91 Å². The van der Waals surface area contributed by atoms with Crippen molar-refractivity contribution >= 4 is 5.91 Å². The smallest absolute Gasteiger partial charge is 0.254 e. The molecule has 5 heteroatoms. The van der Waals surface area contributed by atoms with Crippen LogP contribution < -0.4 is 9.47 Å². The van der Waals surface area contributed by atoms with Gasteiger partial charge in [0, 0.05) is 25.2 Å². The molecule has 0 spiro atoms. The first kappa shape index (κ1) is 18.6. The molecule has 0 N–H and O–H groups in total. The first-order chi connectivity index (χ1) is 11.5. The SMILES string of the molecule is COc1cc(C(=O)N2CCCN(C)CC2)ccc1OCCC(C)C. The Morgan fingerprint density at radius 3 is 2.67 bits per heavy atom. The van der Waals surface area contributed by atoms with E-state index in [1.165, 1.54) is 0 Å². The van der Waals surface area contributed by atoms with Crippen LogP contribution in [0.1, 0.15) is 37.0 Å². The Morgan fingerprint density at radius 2 is 1.96 bits per heavy atom. The molecule has 1 aliphatic heterocycles. The highest BCUT2D eigenvalue weighted by atomic mass is 16.5. The predicted octanol–water partition coefficient (Wildman–Crippen LogP) is 2.90. The van der Waals surface area contributed by atoms with Gasteiger partial charge in [-0.15, -0.1) is 0 Å². The minimum Gasteiger partial charge on any atom is -0.493 e. The Hall–Kier alpha value is -1.75. The lowest BCUT2D eigenvalue weighted by molar-refractivity contribution is 0.0762. The number of carbonyl (C=O) groups is 1. The fraction of sp³-hybridized carbons (Fsp3) is 0.632. The molecule has 0 radical (unpaired) electrons. The van der Waals surface area contributed by atoms with Crippen molar-refractivity contribution in [3.63, 3.8) is 0 Å². The zero-order valence-corrected chi connectivity index (χ0v) is 15.4. The number of hydrogen-bond acceptors (Lipinski definition) is 4. The van der Waals surface area contributed by atoms with Gasteiger partial charge in [0.15, 0.2) is 11.5 Å². The van der Waals surface area contributed by atoms with Gasteiger partial charge < -0.3 is 19.3 Å². The van der Waals surface area contributed by atoms with Gasteiger partial charge in [-0.1, -0.05) is 13.8 Å². The van der Waals surface area contributed by atoms with E-state index in [1.54, 1.807) is 13.2 Å². The maximum Gasteiger partial charge on any atom is 0.254 e. The summed E-state index contributed by atoms with van der Waals surface area (Å²) in [6, 6.07) is 5.47. The zero-order chi connectivity index (χ0) is 17.5. The number of ether oxygens (including phenoxy) is 2. The lowest BCUT2D eigenvalue weighted by atomic mass is 10.1. The lowest BCUT2D eigenvalue weighted by Crippen LogP contribution is -2.34. The molecule has 0 aliphatic carbocycles. The number of methoxy groups -OCH3 is 1. The Morgan fingerprint density at radius 1 is 1.17 bits per heavy atom. The predicted molar refractivity (Wildman–Crippen MR) is 96.0 cm³/mol. The molecule has 134 valence electrons. The van der Waals surface area contributed by atoms with E-state index >= 15 is 0 Å². The Labute approximate surface area is 145 Å². The van der Waals surface area contributed by atoms with Gasteiger partial charge >= 0.3 is 0 Å². The van der Waals surface area contributed by atoms with Crippen LogP contribution in [0.15, 0.2) is 18.2 Å². The van der Waals surface area contributed by atoms with Crippen molar-refractivity contribution in [3.05, 3.63) is 23.8 Å². The molecule has 1 aromatic rings. The molecule has 1 amide bonds.